The molecule has 0 saturated heterocycles. The molecule has 0 spiro atoms. The molecular formula is C25H26F6N4O6S. The normalized spacial score (nSPS) is 11.6. The summed E-state index contributed by atoms with van der Waals surface area (Å²) >= 11 is 0. The van der Waals surface area contributed by atoms with Gasteiger partial charge in [0.05, 0.1) is 22.9 Å². The van der Waals surface area contributed by atoms with Crippen LogP contribution in [-0.2, 0) is 19.4 Å². The second kappa shape index (κ2) is 15.2. The smallest absolute Gasteiger partial charge is 0.446 e. The number of carbonyl (C=O) groups excluding carboxylic acids is 1. The van der Waals surface area contributed by atoms with Gasteiger partial charge in [-0.1, -0.05) is 6.92 Å². The van der Waals surface area contributed by atoms with Crippen molar-refractivity contribution in [2.45, 2.75) is 24.2 Å². The average molecular weight is 625 g/mol. The highest BCUT2D eigenvalue weighted by atomic mass is 32.2. The summed E-state index contributed by atoms with van der Waals surface area (Å²) < 4.78 is 109. The Bertz CT molecular complexity index is 1400. The molecule has 0 bridgehead atoms. The number of hydrogen-bond acceptors (Lipinski definition) is 10. The molecule has 0 aliphatic heterocycles. The third-order valence-electron chi connectivity index (χ3n) is 4.83. The number of anilines is 4. The monoisotopic (exact) mass is 624 g/mol. The number of rotatable bonds is 12. The van der Waals surface area contributed by atoms with E-state index in [-0.39, 0.29) is 27.9 Å². The first-order valence-electron chi connectivity index (χ1n) is 11.8. The minimum Gasteiger partial charge on any atom is -0.491 e. The summed E-state index contributed by atoms with van der Waals surface area (Å²) in [4.78, 5) is 16.8. The molecule has 0 saturated carbocycles. The number of benzene rings is 2. The maximum Gasteiger partial charge on any atom is 0.446 e. The number of methoxy groups -OCH3 is 1. The van der Waals surface area contributed by atoms with E-state index in [0.29, 0.717) is 30.5 Å². The van der Waals surface area contributed by atoms with Crippen molar-refractivity contribution in [3.8, 4) is 11.5 Å². The molecule has 0 unspecified atom stereocenters. The lowest BCUT2D eigenvalue weighted by molar-refractivity contribution is -0.156. The largest absolute Gasteiger partial charge is 0.491 e. The molecule has 0 amide bonds. The Kier molecular flexibility index (Phi) is 12.3. The first kappa shape index (κ1) is 34.1. The van der Waals surface area contributed by atoms with Crippen LogP contribution < -0.4 is 20.1 Å². The van der Waals surface area contributed by atoms with Crippen LogP contribution in [0.2, 0.25) is 0 Å². The van der Waals surface area contributed by atoms with E-state index in [4.69, 9.17) is 19.0 Å². The fourth-order valence-electron chi connectivity index (χ4n) is 2.91. The molecule has 0 atom stereocenters. The number of ether oxygens (including phenoxy) is 3. The van der Waals surface area contributed by atoms with E-state index in [1.807, 2.05) is 0 Å². The lowest BCUT2D eigenvalue weighted by Gasteiger charge is -2.16. The summed E-state index contributed by atoms with van der Waals surface area (Å²) in [5.41, 5.74) is 0.708. The third kappa shape index (κ3) is 12.2. The van der Waals surface area contributed by atoms with Crippen LogP contribution in [0.15, 0.2) is 59.8 Å². The zero-order chi connectivity index (χ0) is 31.4. The van der Waals surface area contributed by atoms with Gasteiger partial charge in [0.1, 0.15) is 36.1 Å². The van der Waals surface area contributed by atoms with Gasteiger partial charge < -0.3 is 24.8 Å². The summed E-state index contributed by atoms with van der Waals surface area (Å²) in [6, 6.07) is 12.2. The van der Waals surface area contributed by atoms with Crippen LogP contribution in [0.3, 0.4) is 0 Å². The standard InChI is InChI=1S/C23H25F3N4O5S.C2HF3O/c1-3-36(31,32)18-8-9-20(35-14-23(24,25)26)19(12-18)30-22-13-21(27-15-28-22)29-16-4-6-17(7-5-16)34-11-10-33-2;3-2(4,5)1-6/h4-9,12-13,15H,3,10-11,14H2,1-2H3,(H2,27,28,29,30);1H. The van der Waals surface area contributed by atoms with Crippen molar-refractivity contribution in [3.05, 3.63) is 54.9 Å². The maximum absolute atomic E-state index is 12.7. The quantitative estimate of drug-likeness (QED) is 0.152. The average Bonchev–Trinajstić information content (AvgIpc) is 2.93. The molecule has 0 fully saturated rings. The molecule has 1 heterocycles. The number of aromatic nitrogens is 2. The van der Waals surface area contributed by atoms with Crippen molar-refractivity contribution in [2.75, 3.05) is 43.3 Å². The van der Waals surface area contributed by atoms with Gasteiger partial charge in [-0.3, -0.25) is 4.79 Å². The maximum atomic E-state index is 12.7. The second-order valence-corrected chi connectivity index (χ2v) is 10.3. The van der Waals surface area contributed by atoms with Gasteiger partial charge in [-0.25, -0.2) is 18.4 Å². The van der Waals surface area contributed by atoms with Crippen LogP contribution in [0, 0.1) is 0 Å². The number of aldehydes is 1. The first-order chi connectivity index (χ1) is 19.7. The van der Waals surface area contributed by atoms with Crippen molar-refractivity contribution < 1.29 is 53.8 Å². The molecule has 2 aromatic carbocycles. The Morgan fingerprint density at radius 3 is 2.05 bits per heavy atom. The van der Waals surface area contributed by atoms with E-state index in [1.54, 1.807) is 31.4 Å². The van der Waals surface area contributed by atoms with E-state index in [9.17, 15) is 34.8 Å². The molecule has 0 aliphatic carbocycles. The van der Waals surface area contributed by atoms with E-state index in [1.165, 1.54) is 37.5 Å². The second-order valence-electron chi connectivity index (χ2n) is 8.03. The fourth-order valence-corrected chi connectivity index (χ4v) is 3.82. The highest BCUT2D eigenvalue weighted by Gasteiger charge is 2.29. The zero-order valence-corrected chi connectivity index (χ0v) is 22.9. The summed E-state index contributed by atoms with van der Waals surface area (Å²) in [6.45, 7) is 0.813. The number of carbonyl (C=O) groups is 1. The van der Waals surface area contributed by atoms with Crippen LogP contribution in [0.4, 0.5) is 49.4 Å². The SMILES string of the molecule is CCS(=O)(=O)c1ccc(OCC(F)(F)F)c(Nc2cc(Nc3ccc(OCCOC)cc3)ncn2)c1.O=CC(F)(F)F. The van der Waals surface area contributed by atoms with Crippen LogP contribution in [0.5, 0.6) is 11.5 Å². The van der Waals surface area contributed by atoms with Crippen molar-refractivity contribution in [1.82, 2.24) is 9.97 Å². The van der Waals surface area contributed by atoms with Crippen LogP contribution in [0.1, 0.15) is 6.92 Å². The molecule has 0 radical (unpaired) electrons. The van der Waals surface area contributed by atoms with Crippen molar-refractivity contribution in [1.29, 1.82) is 0 Å². The minimum absolute atomic E-state index is 0.0102. The summed E-state index contributed by atoms with van der Waals surface area (Å²) in [5.74, 6) is 0.897. The Hall–Kier alpha value is -4.12. The molecule has 1 aromatic heterocycles. The molecule has 10 nitrogen and oxygen atoms in total. The molecule has 230 valence electrons. The molecule has 3 aromatic rings. The van der Waals surface area contributed by atoms with E-state index in [0.717, 1.165) is 0 Å². The third-order valence-corrected chi connectivity index (χ3v) is 6.56. The number of sulfone groups is 1. The number of hydrogen-bond donors (Lipinski definition) is 2. The number of alkyl halides is 6. The van der Waals surface area contributed by atoms with Gasteiger partial charge in [0, 0.05) is 18.9 Å². The lowest BCUT2D eigenvalue weighted by Crippen LogP contribution is -2.19. The topological polar surface area (TPSA) is 129 Å². The van der Waals surface area contributed by atoms with Crippen LogP contribution in [0.25, 0.3) is 0 Å². The van der Waals surface area contributed by atoms with E-state index < -0.39 is 35.1 Å². The number of halogens is 6. The Morgan fingerprint density at radius 1 is 0.881 bits per heavy atom. The fraction of sp³-hybridized carbons (Fsp3) is 0.320. The van der Waals surface area contributed by atoms with Crippen molar-refractivity contribution >= 4 is 39.1 Å². The Balaban J connectivity index is 0.000000928. The summed E-state index contributed by atoms with van der Waals surface area (Å²) in [5, 5.41) is 5.91. The van der Waals surface area contributed by atoms with Gasteiger partial charge >= 0.3 is 12.4 Å². The highest BCUT2D eigenvalue weighted by molar-refractivity contribution is 7.91. The summed E-state index contributed by atoms with van der Waals surface area (Å²) in [6.07, 6.45) is -9.02. The molecule has 42 heavy (non-hydrogen) atoms. The molecule has 2 N–H and O–H groups in total. The predicted molar refractivity (Wildman–Crippen MR) is 140 cm³/mol. The number of nitrogens with zero attached hydrogens (tertiary/aromatic N) is 2. The van der Waals surface area contributed by atoms with Gasteiger partial charge in [0.2, 0.25) is 6.29 Å². The van der Waals surface area contributed by atoms with Gasteiger partial charge in [-0.05, 0) is 42.5 Å². The van der Waals surface area contributed by atoms with E-state index in [2.05, 4.69) is 20.6 Å². The Labute approximate surface area is 236 Å². The van der Waals surface area contributed by atoms with Gasteiger partial charge in [0.15, 0.2) is 16.4 Å². The zero-order valence-electron chi connectivity index (χ0n) is 22.1. The van der Waals surface area contributed by atoms with E-state index >= 15 is 0 Å². The molecular weight excluding hydrogens is 598 g/mol. The van der Waals surface area contributed by atoms with Crippen molar-refractivity contribution in [3.63, 3.8) is 0 Å². The van der Waals surface area contributed by atoms with Crippen LogP contribution >= 0.6 is 0 Å². The predicted octanol–water partition coefficient (Wildman–Crippen LogP) is 5.47. The molecule has 0 aliphatic rings. The summed E-state index contributed by atoms with van der Waals surface area (Å²) in [7, 11) is -2.03. The van der Waals surface area contributed by atoms with Crippen LogP contribution in [-0.4, -0.2) is 69.7 Å². The Morgan fingerprint density at radius 2 is 1.50 bits per heavy atom. The number of nitrogens with one attached hydrogen (secondary N) is 2. The minimum atomic E-state index is -4.64. The van der Waals surface area contributed by atoms with Crippen molar-refractivity contribution in [2.24, 2.45) is 0 Å². The highest BCUT2D eigenvalue weighted by Crippen LogP contribution is 2.32. The molecule has 3 rings (SSSR count). The van der Waals surface area contributed by atoms with Gasteiger partial charge in [-0.2, -0.15) is 26.3 Å². The van der Waals surface area contributed by atoms with Gasteiger partial charge in [-0.15, -0.1) is 0 Å². The lowest BCUT2D eigenvalue weighted by atomic mass is 10.3. The first-order valence-corrected chi connectivity index (χ1v) is 13.5. The molecule has 17 heteroatoms. The van der Waals surface area contributed by atoms with Gasteiger partial charge in [0.25, 0.3) is 0 Å².